The summed E-state index contributed by atoms with van der Waals surface area (Å²) in [6, 6.07) is 21.4. The summed E-state index contributed by atoms with van der Waals surface area (Å²) in [5.41, 5.74) is 2.82. The first-order chi connectivity index (χ1) is 14.5. The standard InChI is InChI=1S/C23H14BrI2NO3/c24-18-11-16(8-9-19(18)26)22-27-20(23(28)30-22)12-15-5-1-2-7-21(15)29-13-14-4-3-6-17(25)10-14/h1-12H,13H2/b20-12-. The quantitative estimate of drug-likeness (QED) is 0.173. The number of benzene rings is 3. The normalized spacial score (nSPS) is 14.6. The first kappa shape index (κ1) is 21.5. The number of ether oxygens (including phenoxy) is 2. The molecule has 0 unspecified atom stereocenters. The molecule has 4 nitrogen and oxygen atoms in total. The number of hydrogen-bond donors (Lipinski definition) is 0. The molecule has 0 spiro atoms. The minimum atomic E-state index is -0.480. The molecule has 4 rings (SSSR count). The number of para-hydroxylation sites is 1. The molecule has 0 radical (unpaired) electrons. The molecular formula is C23H14BrI2NO3. The Hall–Kier alpha value is -1.72. The van der Waals surface area contributed by atoms with E-state index in [4.69, 9.17) is 9.47 Å². The molecule has 1 heterocycles. The zero-order valence-corrected chi connectivity index (χ0v) is 21.3. The van der Waals surface area contributed by atoms with Crippen LogP contribution in [0.5, 0.6) is 5.75 Å². The van der Waals surface area contributed by atoms with Crippen molar-refractivity contribution in [1.29, 1.82) is 0 Å². The van der Waals surface area contributed by atoms with Crippen molar-refractivity contribution in [3.05, 3.63) is 101 Å². The van der Waals surface area contributed by atoms with E-state index in [1.54, 1.807) is 6.08 Å². The summed E-state index contributed by atoms with van der Waals surface area (Å²) in [7, 11) is 0. The van der Waals surface area contributed by atoms with E-state index in [2.05, 4.69) is 72.2 Å². The fourth-order valence-corrected chi connectivity index (χ4v) is 4.15. The number of cyclic esters (lactones) is 1. The van der Waals surface area contributed by atoms with Crippen molar-refractivity contribution < 1.29 is 14.3 Å². The molecule has 1 aliphatic heterocycles. The van der Waals surface area contributed by atoms with Crippen LogP contribution in [-0.2, 0) is 16.1 Å². The van der Waals surface area contributed by atoms with Gasteiger partial charge in [-0.25, -0.2) is 9.79 Å². The van der Waals surface area contributed by atoms with E-state index in [1.807, 2.05) is 60.7 Å². The Balaban J connectivity index is 1.59. The number of hydrogen-bond acceptors (Lipinski definition) is 4. The molecule has 0 fully saturated rings. The summed E-state index contributed by atoms with van der Waals surface area (Å²) in [6.45, 7) is 0.437. The summed E-state index contributed by atoms with van der Waals surface area (Å²) in [5.74, 6) is 0.491. The molecule has 0 aliphatic carbocycles. The Morgan fingerprint density at radius 2 is 1.87 bits per heavy atom. The topological polar surface area (TPSA) is 47.9 Å². The second-order valence-corrected chi connectivity index (χ2v) is 9.68. The first-order valence-corrected chi connectivity index (χ1v) is 11.9. The van der Waals surface area contributed by atoms with Gasteiger partial charge in [-0.05, 0) is 109 Å². The van der Waals surface area contributed by atoms with E-state index in [0.717, 1.165) is 28.3 Å². The lowest BCUT2D eigenvalue weighted by molar-refractivity contribution is -0.129. The molecule has 3 aromatic carbocycles. The van der Waals surface area contributed by atoms with Gasteiger partial charge in [-0.2, -0.15) is 0 Å². The highest BCUT2D eigenvalue weighted by Crippen LogP contribution is 2.27. The van der Waals surface area contributed by atoms with E-state index in [1.165, 1.54) is 0 Å². The number of esters is 1. The van der Waals surface area contributed by atoms with Gasteiger partial charge in [0.1, 0.15) is 12.4 Å². The van der Waals surface area contributed by atoms with Gasteiger partial charge in [0, 0.05) is 22.7 Å². The van der Waals surface area contributed by atoms with Gasteiger partial charge in [-0.15, -0.1) is 0 Å². The molecule has 0 N–H and O–H groups in total. The Labute approximate surface area is 209 Å². The second kappa shape index (κ2) is 9.61. The average Bonchev–Trinajstić information content (AvgIpc) is 3.10. The molecule has 0 saturated carbocycles. The Morgan fingerprint density at radius 1 is 1.03 bits per heavy atom. The number of nitrogens with zero attached hydrogens (tertiary/aromatic N) is 1. The van der Waals surface area contributed by atoms with Crippen molar-refractivity contribution in [2.45, 2.75) is 6.61 Å². The third-order valence-electron chi connectivity index (χ3n) is 4.28. The SMILES string of the molecule is O=C1OC(c2ccc(I)c(Br)c2)=N/C1=C\c1ccccc1OCc1cccc(I)c1. The zero-order chi connectivity index (χ0) is 21.1. The van der Waals surface area contributed by atoms with Gasteiger partial charge in [-0.1, -0.05) is 30.3 Å². The van der Waals surface area contributed by atoms with Crippen LogP contribution >= 0.6 is 61.1 Å². The highest BCUT2D eigenvalue weighted by Gasteiger charge is 2.25. The van der Waals surface area contributed by atoms with Crippen molar-refractivity contribution in [2.24, 2.45) is 4.99 Å². The smallest absolute Gasteiger partial charge is 0.363 e. The largest absolute Gasteiger partial charge is 0.488 e. The summed E-state index contributed by atoms with van der Waals surface area (Å²) < 4.78 is 14.5. The van der Waals surface area contributed by atoms with Crippen LogP contribution in [0.2, 0.25) is 0 Å². The monoisotopic (exact) mass is 685 g/mol. The fraction of sp³-hybridized carbons (Fsp3) is 0.0435. The minimum absolute atomic E-state index is 0.241. The van der Waals surface area contributed by atoms with Crippen molar-refractivity contribution >= 4 is 79.1 Å². The van der Waals surface area contributed by atoms with Gasteiger partial charge in [0.25, 0.3) is 0 Å². The van der Waals surface area contributed by atoms with Crippen molar-refractivity contribution in [2.75, 3.05) is 0 Å². The first-order valence-electron chi connectivity index (χ1n) is 8.94. The van der Waals surface area contributed by atoms with Gasteiger partial charge in [0.05, 0.1) is 0 Å². The maximum absolute atomic E-state index is 12.4. The van der Waals surface area contributed by atoms with Crippen LogP contribution in [0, 0.1) is 7.14 Å². The van der Waals surface area contributed by atoms with E-state index >= 15 is 0 Å². The van der Waals surface area contributed by atoms with Crippen LogP contribution in [0.25, 0.3) is 6.08 Å². The Bertz CT molecular complexity index is 1190. The van der Waals surface area contributed by atoms with Gasteiger partial charge in [0.2, 0.25) is 5.90 Å². The lowest BCUT2D eigenvalue weighted by atomic mass is 10.1. The molecule has 1 aliphatic rings. The molecule has 0 aromatic heterocycles. The van der Waals surface area contributed by atoms with Crippen LogP contribution in [-0.4, -0.2) is 11.9 Å². The van der Waals surface area contributed by atoms with E-state index in [9.17, 15) is 4.79 Å². The summed E-state index contributed by atoms with van der Waals surface area (Å²) >= 11 is 7.99. The Kier molecular flexibility index (Phi) is 6.89. The van der Waals surface area contributed by atoms with Crippen LogP contribution < -0.4 is 4.74 Å². The predicted molar refractivity (Wildman–Crippen MR) is 137 cm³/mol. The lowest BCUT2D eigenvalue weighted by Gasteiger charge is -2.09. The number of carbonyl (C=O) groups is 1. The predicted octanol–water partition coefficient (Wildman–Crippen LogP) is 6.58. The van der Waals surface area contributed by atoms with Gasteiger partial charge < -0.3 is 9.47 Å². The highest BCUT2D eigenvalue weighted by atomic mass is 127. The van der Waals surface area contributed by atoms with Crippen LogP contribution in [0.3, 0.4) is 0 Å². The molecule has 0 bridgehead atoms. The van der Waals surface area contributed by atoms with Crippen LogP contribution in [0.4, 0.5) is 0 Å². The van der Waals surface area contributed by atoms with E-state index in [-0.39, 0.29) is 5.70 Å². The number of aliphatic imine (C=N–C) groups is 1. The molecule has 0 amide bonds. The van der Waals surface area contributed by atoms with E-state index < -0.39 is 5.97 Å². The second-order valence-electron chi connectivity index (χ2n) is 6.42. The van der Waals surface area contributed by atoms with Crippen molar-refractivity contribution in [3.8, 4) is 5.75 Å². The van der Waals surface area contributed by atoms with Crippen molar-refractivity contribution in [3.63, 3.8) is 0 Å². The van der Waals surface area contributed by atoms with Crippen molar-refractivity contribution in [1.82, 2.24) is 0 Å². The summed E-state index contributed by atoms with van der Waals surface area (Å²) in [6.07, 6.45) is 1.70. The van der Waals surface area contributed by atoms with Gasteiger partial charge >= 0.3 is 5.97 Å². The van der Waals surface area contributed by atoms with Crippen LogP contribution in [0.1, 0.15) is 16.7 Å². The number of halogens is 3. The molecular weight excluding hydrogens is 672 g/mol. The molecule has 150 valence electrons. The highest BCUT2D eigenvalue weighted by molar-refractivity contribution is 14.1. The maximum Gasteiger partial charge on any atom is 0.363 e. The molecule has 0 atom stereocenters. The maximum atomic E-state index is 12.4. The van der Waals surface area contributed by atoms with E-state index in [0.29, 0.717) is 18.3 Å². The average molecular weight is 686 g/mol. The molecule has 3 aromatic rings. The minimum Gasteiger partial charge on any atom is -0.488 e. The number of rotatable bonds is 5. The van der Waals surface area contributed by atoms with Gasteiger partial charge in [-0.3, -0.25) is 0 Å². The molecule has 30 heavy (non-hydrogen) atoms. The lowest BCUT2D eigenvalue weighted by Crippen LogP contribution is -2.05. The zero-order valence-electron chi connectivity index (χ0n) is 15.4. The summed E-state index contributed by atoms with van der Waals surface area (Å²) in [5, 5.41) is 0. The summed E-state index contributed by atoms with van der Waals surface area (Å²) in [4.78, 5) is 16.8. The van der Waals surface area contributed by atoms with Crippen LogP contribution in [0.15, 0.2) is 81.9 Å². The third-order valence-corrected chi connectivity index (χ3v) is 7.29. The van der Waals surface area contributed by atoms with Gasteiger partial charge in [0.15, 0.2) is 5.70 Å². The molecule has 7 heteroatoms. The Morgan fingerprint density at radius 3 is 2.67 bits per heavy atom. The fourth-order valence-electron chi connectivity index (χ4n) is 2.83. The number of carbonyl (C=O) groups excluding carboxylic acids is 1. The molecule has 0 saturated heterocycles. The third kappa shape index (κ3) is 5.12.